The van der Waals surface area contributed by atoms with Crippen LogP contribution in [0.25, 0.3) is 159 Å². The van der Waals surface area contributed by atoms with Crippen LogP contribution in [-0.4, -0.2) is 27.4 Å². The lowest BCUT2D eigenvalue weighted by molar-refractivity contribution is 0.665. The molecule has 0 N–H and O–H groups in total. The number of hydrogen-bond donors (Lipinski definition) is 0. The topological polar surface area (TPSA) is 29.6 Å². The van der Waals surface area contributed by atoms with Crippen LogP contribution < -0.4 is 0 Å². The molecule has 0 fully saturated rings. The van der Waals surface area contributed by atoms with Crippen molar-refractivity contribution in [3.05, 3.63) is 261 Å². The molecule has 0 aliphatic heterocycles. The minimum absolute atomic E-state index is 1.02. The third-order valence-electron chi connectivity index (χ3n) is 18.0. The zero-order valence-electron chi connectivity index (χ0n) is 45.1. The Labute approximate surface area is 471 Å². The number of benzene rings is 12. The number of fused-ring (bicyclic) bond motifs is 18. The van der Waals surface area contributed by atoms with Crippen molar-refractivity contribution in [2.75, 3.05) is 0 Å². The van der Waals surface area contributed by atoms with Gasteiger partial charge in [0.05, 0.1) is 55.2 Å². The Morgan fingerprint density at radius 3 is 0.683 bits per heavy atom. The fourth-order valence-corrected chi connectivity index (χ4v) is 14.5. The van der Waals surface area contributed by atoms with E-state index in [0.717, 1.165) is 42.1 Å². The number of nitrogens with zero attached hydrogens (tertiary/aromatic N) is 6. The minimum atomic E-state index is 1.02. The molecule has 6 aromatic heterocycles. The number of rotatable bonds is 8. The Morgan fingerprint density at radius 1 is 0.207 bits per heavy atom. The summed E-state index contributed by atoms with van der Waals surface area (Å²) < 4.78 is 14.8. The van der Waals surface area contributed by atoms with Crippen LogP contribution in [0.4, 0.5) is 0 Å². The largest absolute Gasteiger partial charge is 0.340 e. The molecule has 0 unspecified atom stereocenters. The zero-order chi connectivity index (χ0) is 53.7. The van der Waals surface area contributed by atoms with E-state index in [-0.39, 0.29) is 0 Å². The molecular weight excluding hydrogens is 997 g/mol. The molecule has 0 amide bonds. The van der Waals surface area contributed by atoms with Crippen molar-refractivity contribution in [1.29, 1.82) is 0 Å². The standard InChI is InChI=1S/C76H52N6/c1-2-3-42-77-65-25-11-4-20-55(65)60-43-48(32-37-66(60)77)79-69-28-14-7-22-57(69)62-45-50(34-39-73(62)79)81-71-30-16-9-24-59(71)64-47-52(36-41-75(64)81)82-72-31-17-10-23-58(72)63-46-51(35-40-76(63)82)80-70-29-15-8-21-56(70)61-44-49(33-38-74(61)80)78-67-26-12-5-18-53(67)54-19-6-13-27-68(54)78/h4-41,43-47H,2-3,42H2,1H3. The van der Waals surface area contributed by atoms with Crippen molar-refractivity contribution in [2.24, 2.45) is 0 Å². The van der Waals surface area contributed by atoms with E-state index >= 15 is 0 Å². The van der Waals surface area contributed by atoms with Crippen LogP contribution in [0.2, 0.25) is 0 Å². The van der Waals surface area contributed by atoms with Gasteiger partial charge in [0.25, 0.3) is 0 Å². The second-order valence-electron chi connectivity index (χ2n) is 22.3. The van der Waals surface area contributed by atoms with Crippen molar-refractivity contribution in [3.63, 3.8) is 0 Å². The average Bonchev–Trinajstić information content (AvgIpc) is 4.47. The van der Waals surface area contributed by atoms with Gasteiger partial charge in [0, 0.05) is 111 Å². The first kappa shape index (κ1) is 45.3. The molecule has 0 spiro atoms. The fraction of sp³-hybridized carbons (Fsp3) is 0.0526. The van der Waals surface area contributed by atoms with Crippen molar-refractivity contribution in [2.45, 2.75) is 26.3 Å². The predicted molar refractivity (Wildman–Crippen MR) is 346 cm³/mol. The van der Waals surface area contributed by atoms with E-state index in [1.165, 1.54) is 137 Å². The maximum absolute atomic E-state index is 2.51. The molecule has 0 aliphatic rings. The molecule has 82 heavy (non-hydrogen) atoms. The van der Waals surface area contributed by atoms with Gasteiger partial charge in [-0.15, -0.1) is 0 Å². The highest BCUT2D eigenvalue weighted by atomic mass is 15.0. The van der Waals surface area contributed by atoms with Crippen LogP contribution in [0.5, 0.6) is 0 Å². The summed E-state index contributed by atoms with van der Waals surface area (Å²) in [4.78, 5) is 0. The highest BCUT2D eigenvalue weighted by molar-refractivity contribution is 6.17. The van der Waals surface area contributed by atoms with E-state index in [2.05, 4.69) is 295 Å². The maximum Gasteiger partial charge on any atom is 0.0542 e. The van der Waals surface area contributed by atoms with E-state index in [9.17, 15) is 0 Å². The summed E-state index contributed by atoms with van der Waals surface area (Å²) in [5.41, 5.74) is 20.2. The summed E-state index contributed by atoms with van der Waals surface area (Å²) in [6.45, 7) is 3.29. The third kappa shape index (κ3) is 6.29. The summed E-state index contributed by atoms with van der Waals surface area (Å²) in [5, 5.41) is 15.0. The van der Waals surface area contributed by atoms with Gasteiger partial charge in [0.15, 0.2) is 0 Å². The van der Waals surface area contributed by atoms with Crippen molar-refractivity contribution in [1.82, 2.24) is 27.4 Å². The van der Waals surface area contributed by atoms with Gasteiger partial charge in [-0.1, -0.05) is 141 Å². The van der Waals surface area contributed by atoms with Crippen LogP contribution in [0.15, 0.2) is 261 Å². The van der Waals surface area contributed by atoms with E-state index < -0.39 is 0 Å². The summed E-state index contributed by atoms with van der Waals surface area (Å²) in [7, 11) is 0. The lowest BCUT2D eigenvalue weighted by Crippen LogP contribution is -1.98. The summed E-state index contributed by atoms with van der Waals surface area (Å²) in [6.07, 6.45) is 2.32. The van der Waals surface area contributed by atoms with Crippen molar-refractivity contribution in [3.8, 4) is 28.4 Å². The highest BCUT2D eigenvalue weighted by Gasteiger charge is 2.22. The molecule has 0 saturated heterocycles. The maximum atomic E-state index is 2.51. The SMILES string of the molecule is CCCCn1c2ccccc2c2cc(-n3c4ccccc4c4cc(-n5c6ccccc6c6cc(-n7c8ccccc8c8cc(-n9c%10ccccc%10c%10cc(-n%11c%12ccccc%12c%12ccccc%12%11)ccc%109)ccc87)ccc65)ccc43)ccc21. The zero-order valence-corrected chi connectivity index (χ0v) is 45.1. The molecule has 18 aromatic rings. The molecule has 0 radical (unpaired) electrons. The first-order chi connectivity index (χ1) is 40.7. The highest BCUT2D eigenvalue weighted by Crippen LogP contribution is 2.43. The van der Waals surface area contributed by atoms with Gasteiger partial charge < -0.3 is 27.4 Å². The minimum Gasteiger partial charge on any atom is -0.340 e. The molecule has 18 rings (SSSR count). The smallest absolute Gasteiger partial charge is 0.0542 e. The first-order valence-electron chi connectivity index (χ1n) is 28.8. The molecule has 0 atom stereocenters. The van der Waals surface area contributed by atoms with Crippen LogP contribution in [-0.2, 0) is 6.54 Å². The number of para-hydroxylation sites is 7. The van der Waals surface area contributed by atoms with Gasteiger partial charge in [-0.25, -0.2) is 0 Å². The molecule has 6 heteroatoms. The van der Waals surface area contributed by atoms with E-state index in [0.29, 0.717) is 0 Å². The Bertz CT molecular complexity index is 5650. The lowest BCUT2D eigenvalue weighted by Gasteiger charge is -2.12. The predicted octanol–water partition coefficient (Wildman–Crippen LogP) is 20.1. The normalized spacial score (nSPS) is 12.4. The molecule has 12 aromatic carbocycles. The van der Waals surface area contributed by atoms with Gasteiger partial charge in [-0.3, -0.25) is 0 Å². The molecule has 6 heterocycles. The second-order valence-corrected chi connectivity index (χ2v) is 22.3. The Kier molecular flexibility index (Phi) is 9.52. The number of aromatic nitrogens is 6. The van der Waals surface area contributed by atoms with E-state index in [4.69, 9.17) is 0 Å². The van der Waals surface area contributed by atoms with Crippen molar-refractivity contribution < 1.29 is 0 Å². The number of hydrogen-bond acceptors (Lipinski definition) is 0. The molecule has 0 saturated carbocycles. The van der Waals surface area contributed by atoms with E-state index in [1.54, 1.807) is 0 Å². The Hall–Kier alpha value is -10.6. The fourth-order valence-electron chi connectivity index (χ4n) is 14.5. The summed E-state index contributed by atoms with van der Waals surface area (Å²) in [5.74, 6) is 0. The molecule has 386 valence electrons. The first-order valence-corrected chi connectivity index (χ1v) is 28.8. The second kappa shape index (κ2) is 17.2. The van der Waals surface area contributed by atoms with E-state index in [1.807, 2.05) is 0 Å². The quantitative estimate of drug-likeness (QED) is 0.145. The third-order valence-corrected chi connectivity index (χ3v) is 18.0. The van der Waals surface area contributed by atoms with Gasteiger partial charge in [0.2, 0.25) is 0 Å². The monoisotopic (exact) mass is 1050 g/mol. The Morgan fingerprint density at radius 2 is 0.402 bits per heavy atom. The summed E-state index contributed by atoms with van der Waals surface area (Å²) >= 11 is 0. The van der Waals surface area contributed by atoms with Crippen LogP contribution in [0.3, 0.4) is 0 Å². The van der Waals surface area contributed by atoms with Gasteiger partial charge in [0.1, 0.15) is 0 Å². The van der Waals surface area contributed by atoms with Crippen LogP contribution >= 0.6 is 0 Å². The van der Waals surface area contributed by atoms with Gasteiger partial charge in [-0.2, -0.15) is 0 Å². The Balaban J connectivity index is 0.770. The summed E-state index contributed by atoms with van der Waals surface area (Å²) in [6, 6.07) is 97.3. The molecular formula is C76H52N6. The molecule has 0 aliphatic carbocycles. The van der Waals surface area contributed by atoms with Gasteiger partial charge in [-0.05, 0) is 140 Å². The molecule has 6 nitrogen and oxygen atoms in total. The lowest BCUT2D eigenvalue weighted by atomic mass is 10.1. The number of unbranched alkanes of at least 4 members (excludes halogenated alkanes) is 1. The van der Waals surface area contributed by atoms with Crippen LogP contribution in [0.1, 0.15) is 19.8 Å². The average molecular weight is 1050 g/mol. The molecule has 0 bridgehead atoms. The number of aryl methyl sites for hydroxylation is 1. The van der Waals surface area contributed by atoms with Crippen LogP contribution in [0, 0.1) is 0 Å². The van der Waals surface area contributed by atoms with Gasteiger partial charge >= 0.3 is 0 Å². The van der Waals surface area contributed by atoms with Crippen molar-refractivity contribution >= 4 is 131 Å².